The molecule has 8 heteroatoms. The Morgan fingerprint density at radius 3 is 2.45 bits per heavy atom. The van der Waals surface area contributed by atoms with E-state index in [4.69, 9.17) is 0 Å². The standard InChI is InChI=1S/C21H24FN5OS/c1-25-12-9-16(10-13-25)27-19(17-8-11-23-21(24-17)29-3)18(20(28)26(27)2)14-4-6-15(22)7-5-14/h4-8,11,16H,9-10,12-13H2,1-3H3. The SMILES string of the molecule is CSc1nccc(-c2c(-c3ccc(F)cc3)c(=O)n(C)n2C2CCN(C)CC2)n1. The second-order valence-corrected chi connectivity index (χ2v) is 8.14. The lowest BCUT2D eigenvalue weighted by atomic mass is 10.0. The lowest BCUT2D eigenvalue weighted by Crippen LogP contribution is -2.34. The smallest absolute Gasteiger partial charge is 0.274 e. The number of hydrogen-bond donors (Lipinski definition) is 0. The summed E-state index contributed by atoms with van der Waals surface area (Å²) in [6, 6.07) is 8.13. The van der Waals surface area contributed by atoms with Gasteiger partial charge in [-0.05, 0) is 63.0 Å². The predicted octanol–water partition coefficient (Wildman–Crippen LogP) is 3.44. The van der Waals surface area contributed by atoms with Crippen molar-refractivity contribution in [2.45, 2.75) is 24.0 Å². The van der Waals surface area contributed by atoms with E-state index in [1.54, 1.807) is 30.1 Å². The third kappa shape index (κ3) is 3.74. The first-order valence-corrected chi connectivity index (χ1v) is 10.9. The molecule has 0 spiro atoms. The van der Waals surface area contributed by atoms with Gasteiger partial charge in [0, 0.05) is 13.2 Å². The van der Waals surface area contributed by atoms with Crippen molar-refractivity contribution >= 4 is 11.8 Å². The number of thioether (sulfide) groups is 1. The fraction of sp³-hybridized carbons (Fsp3) is 0.381. The van der Waals surface area contributed by atoms with Crippen LogP contribution in [-0.4, -0.2) is 50.6 Å². The first kappa shape index (κ1) is 19.8. The second-order valence-electron chi connectivity index (χ2n) is 7.37. The quantitative estimate of drug-likeness (QED) is 0.484. The van der Waals surface area contributed by atoms with E-state index in [9.17, 15) is 9.18 Å². The lowest BCUT2D eigenvalue weighted by Gasteiger charge is -2.31. The molecule has 2 aromatic heterocycles. The van der Waals surface area contributed by atoms with Crippen LogP contribution in [0.5, 0.6) is 0 Å². The monoisotopic (exact) mass is 413 g/mol. The van der Waals surface area contributed by atoms with E-state index in [1.807, 2.05) is 12.3 Å². The molecular formula is C21H24FN5OS. The summed E-state index contributed by atoms with van der Waals surface area (Å²) in [5, 5.41) is 0.652. The third-order valence-corrected chi connectivity index (χ3v) is 6.08. The van der Waals surface area contributed by atoms with Gasteiger partial charge in [0.1, 0.15) is 5.82 Å². The van der Waals surface area contributed by atoms with Crippen LogP contribution in [0.25, 0.3) is 22.5 Å². The molecule has 0 N–H and O–H groups in total. The van der Waals surface area contributed by atoms with Gasteiger partial charge in [-0.25, -0.2) is 14.4 Å². The first-order valence-electron chi connectivity index (χ1n) is 9.63. The highest BCUT2D eigenvalue weighted by Gasteiger charge is 2.28. The summed E-state index contributed by atoms with van der Waals surface area (Å²) in [6.45, 7) is 1.95. The minimum Gasteiger partial charge on any atom is -0.306 e. The summed E-state index contributed by atoms with van der Waals surface area (Å²) in [5.74, 6) is -0.325. The molecule has 1 fully saturated rings. The van der Waals surface area contributed by atoms with Crippen LogP contribution in [0.1, 0.15) is 18.9 Å². The summed E-state index contributed by atoms with van der Waals surface area (Å²) >= 11 is 1.46. The Bertz CT molecular complexity index is 1070. The summed E-state index contributed by atoms with van der Waals surface area (Å²) in [4.78, 5) is 24.6. The highest BCUT2D eigenvalue weighted by Crippen LogP contribution is 2.34. The van der Waals surface area contributed by atoms with Crippen LogP contribution in [0.3, 0.4) is 0 Å². The van der Waals surface area contributed by atoms with Crippen LogP contribution in [0.4, 0.5) is 4.39 Å². The number of hydrogen-bond acceptors (Lipinski definition) is 5. The fourth-order valence-electron chi connectivity index (χ4n) is 3.99. The molecule has 0 saturated carbocycles. The normalized spacial score (nSPS) is 15.7. The Morgan fingerprint density at radius 2 is 1.79 bits per heavy atom. The van der Waals surface area contributed by atoms with E-state index in [1.165, 1.54) is 23.9 Å². The summed E-state index contributed by atoms with van der Waals surface area (Å²) in [7, 11) is 3.92. The molecule has 4 rings (SSSR count). The van der Waals surface area contributed by atoms with E-state index in [2.05, 4.69) is 26.6 Å². The number of aromatic nitrogens is 4. The molecular weight excluding hydrogens is 389 g/mol. The zero-order valence-corrected chi connectivity index (χ0v) is 17.6. The average Bonchev–Trinajstić information content (AvgIpc) is 3.00. The maximum atomic E-state index is 13.5. The Morgan fingerprint density at radius 1 is 1.10 bits per heavy atom. The topological polar surface area (TPSA) is 56.0 Å². The number of piperidine rings is 1. The van der Waals surface area contributed by atoms with E-state index < -0.39 is 0 Å². The van der Waals surface area contributed by atoms with Crippen LogP contribution in [0.15, 0.2) is 46.5 Å². The molecule has 152 valence electrons. The minimum absolute atomic E-state index is 0.102. The van der Waals surface area contributed by atoms with E-state index in [0.717, 1.165) is 31.6 Å². The van der Waals surface area contributed by atoms with Crippen LogP contribution < -0.4 is 5.56 Å². The maximum absolute atomic E-state index is 13.5. The highest BCUT2D eigenvalue weighted by atomic mass is 32.2. The first-order chi connectivity index (χ1) is 14.0. The van der Waals surface area contributed by atoms with Crippen molar-refractivity contribution in [3.8, 4) is 22.5 Å². The largest absolute Gasteiger partial charge is 0.306 e. The third-order valence-electron chi connectivity index (χ3n) is 5.52. The number of nitrogens with zero attached hydrogens (tertiary/aromatic N) is 5. The molecule has 6 nitrogen and oxygen atoms in total. The van der Waals surface area contributed by atoms with Crippen molar-refractivity contribution in [3.05, 3.63) is 52.7 Å². The van der Waals surface area contributed by atoms with Crippen molar-refractivity contribution in [2.75, 3.05) is 26.4 Å². The molecule has 1 aliphatic heterocycles. The van der Waals surface area contributed by atoms with Crippen molar-refractivity contribution in [3.63, 3.8) is 0 Å². The van der Waals surface area contributed by atoms with E-state index >= 15 is 0 Å². The highest BCUT2D eigenvalue weighted by molar-refractivity contribution is 7.98. The van der Waals surface area contributed by atoms with Crippen LogP contribution in [-0.2, 0) is 7.05 Å². The molecule has 0 unspecified atom stereocenters. The number of halogens is 1. The second kappa shape index (κ2) is 8.12. The Balaban J connectivity index is 1.96. The summed E-state index contributed by atoms with van der Waals surface area (Å²) < 4.78 is 17.3. The number of benzene rings is 1. The molecule has 3 heterocycles. The summed E-state index contributed by atoms with van der Waals surface area (Å²) in [5.41, 5.74) is 2.63. The molecule has 0 aliphatic carbocycles. The van der Waals surface area contributed by atoms with Crippen LogP contribution in [0.2, 0.25) is 0 Å². The van der Waals surface area contributed by atoms with Gasteiger partial charge in [0.25, 0.3) is 5.56 Å². The molecule has 1 saturated heterocycles. The molecule has 1 aliphatic rings. The van der Waals surface area contributed by atoms with Crippen molar-refractivity contribution in [1.29, 1.82) is 0 Å². The Kier molecular flexibility index (Phi) is 5.56. The number of likely N-dealkylation sites (tertiary alicyclic amines) is 1. The minimum atomic E-state index is -0.325. The summed E-state index contributed by atoms with van der Waals surface area (Å²) in [6.07, 6.45) is 5.55. The average molecular weight is 414 g/mol. The zero-order chi connectivity index (χ0) is 20.5. The van der Waals surface area contributed by atoms with Crippen molar-refractivity contribution < 1.29 is 4.39 Å². The maximum Gasteiger partial charge on any atom is 0.274 e. The van der Waals surface area contributed by atoms with Gasteiger partial charge in [0.2, 0.25) is 0 Å². The van der Waals surface area contributed by atoms with Gasteiger partial charge in [0.15, 0.2) is 5.16 Å². The van der Waals surface area contributed by atoms with Gasteiger partial charge < -0.3 is 4.90 Å². The molecule has 1 aromatic carbocycles. The fourth-order valence-corrected chi connectivity index (χ4v) is 4.34. The molecule has 0 amide bonds. The van der Waals surface area contributed by atoms with E-state index in [-0.39, 0.29) is 17.4 Å². The van der Waals surface area contributed by atoms with Gasteiger partial charge in [-0.15, -0.1) is 0 Å². The molecule has 0 bridgehead atoms. The van der Waals surface area contributed by atoms with Gasteiger partial charge in [-0.1, -0.05) is 23.9 Å². The Hall–Kier alpha value is -2.45. The van der Waals surface area contributed by atoms with Gasteiger partial charge in [-0.3, -0.25) is 14.2 Å². The Labute approximate surface area is 173 Å². The van der Waals surface area contributed by atoms with Gasteiger partial charge >= 0.3 is 0 Å². The predicted molar refractivity (Wildman–Crippen MR) is 114 cm³/mol. The lowest BCUT2D eigenvalue weighted by molar-refractivity contribution is 0.203. The molecule has 0 radical (unpaired) electrons. The van der Waals surface area contributed by atoms with Crippen LogP contribution >= 0.6 is 11.8 Å². The molecule has 3 aromatic rings. The van der Waals surface area contributed by atoms with Crippen molar-refractivity contribution in [1.82, 2.24) is 24.2 Å². The zero-order valence-electron chi connectivity index (χ0n) is 16.8. The van der Waals surface area contributed by atoms with Gasteiger partial charge in [-0.2, -0.15) is 0 Å². The number of rotatable bonds is 4. The molecule has 0 atom stereocenters. The van der Waals surface area contributed by atoms with Gasteiger partial charge in [0.05, 0.1) is 23.0 Å². The van der Waals surface area contributed by atoms with Crippen molar-refractivity contribution in [2.24, 2.45) is 7.05 Å². The molecule has 29 heavy (non-hydrogen) atoms. The van der Waals surface area contributed by atoms with Crippen LogP contribution in [0, 0.1) is 5.82 Å². The van der Waals surface area contributed by atoms with E-state index in [0.29, 0.717) is 22.0 Å².